The van der Waals surface area contributed by atoms with Crippen LogP contribution in [0.4, 0.5) is 0 Å². The molecule has 0 aromatic heterocycles. The third kappa shape index (κ3) is 2.61. The Morgan fingerprint density at radius 3 is 2.33 bits per heavy atom. The second-order valence-electron chi connectivity index (χ2n) is 3.95. The van der Waals surface area contributed by atoms with Crippen LogP contribution < -0.4 is 0 Å². The Balaban J connectivity index is 2.18. The second-order valence-corrected chi connectivity index (χ2v) is 7.11. The molecule has 0 amide bonds. The van der Waals surface area contributed by atoms with E-state index in [0.29, 0.717) is 17.4 Å². The van der Waals surface area contributed by atoms with Crippen LogP contribution >= 0.6 is 15.9 Å². The van der Waals surface area contributed by atoms with Gasteiger partial charge in [-0.1, -0.05) is 34.1 Å². The van der Waals surface area contributed by atoms with Crippen molar-refractivity contribution in [1.82, 2.24) is 0 Å². The third-order valence-electron chi connectivity index (χ3n) is 2.90. The van der Waals surface area contributed by atoms with Crippen molar-refractivity contribution in [2.24, 2.45) is 0 Å². The molecular formula is C11H13BrO2S. The summed E-state index contributed by atoms with van der Waals surface area (Å²) >= 11 is 3.51. The summed E-state index contributed by atoms with van der Waals surface area (Å²) < 4.78 is 23.7. The van der Waals surface area contributed by atoms with Crippen molar-refractivity contribution >= 4 is 25.8 Å². The van der Waals surface area contributed by atoms with E-state index in [1.807, 2.05) is 18.2 Å². The van der Waals surface area contributed by atoms with Gasteiger partial charge in [-0.25, -0.2) is 8.42 Å². The lowest BCUT2D eigenvalue weighted by atomic mass is 9.94. The first-order valence-corrected chi connectivity index (χ1v) is 7.65. The summed E-state index contributed by atoms with van der Waals surface area (Å²) in [7, 11) is -2.75. The average Bonchev–Trinajstić information content (AvgIpc) is 2.19. The van der Waals surface area contributed by atoms with E-state index in [1.165, 1.54) is 5.56 Å². The van der Waals surface area contributed by atoms with Gasteiger partial charge in [0, 0.05) is 4.47 Å². The number of hydrogen-bond donors (Lipinski definition) is 0. The molecule has 2 nitrogen and oxygen atoms in total. The maximum absolute atomic E-state index is 11.3. The molecule has 2 rings (SSSR count). The molecule has 0 bridgehead atoms. The van der Waals surface area contributed by atoms with Crippen LogP contribution in [-0.2, 0) is 9.84 Å². The Morgan fingerprint density at radius 2 is 1.73 bits per heavy atom. The van der Waals surface area contributed by atoms with Crippen molar-refractivity contribution in [3.05, 3.63) is 34.3 Å². The predicted octanol–water partition coefficient (Wildman–Crippen LogP) is 2.74. The summed E-state index contributed by atoms with van der Waals surface area (Å²) in [6.07, 6.45) is 1.51. The fourth-order valence-electron chi connectivity index (χ4n) is 2.01. The fraction of sp³-hybridized carbons (Fsp3) is 0.455. The highest BCUT2D eigenvalue weighted by Crippen LogP contribution is 2.33. The number of hydrogen-bond acceptors (Lipinski definition) is 2. The predicted molar refractivity (Wildman–Crippen MR) is 64.8 cm³/mol. The van der Waals surface area contributed by atoms with E-state index < -0.39 is 9.84 Å². The number of halogens is 1. The Hall–Kier alpha value is -0.350. The van der Waals surface area contributed by atoms with Crippen molar-refractivity contribution in [3.63, 3.8) is 0 Å². The molecule has 0 radical (unpaired) electrons. The van der Waals surface area contributed by atoms with Gasteiger partial charge < -0.3 is 0 Å². The van der Waals surface area contributed by atoms with Gasteiger partial charge in [-0.2, -0.15) is 0 Å². The van der Waals surface area contributed by atoms with Gasteiger partial charge in [-0.05, 0) is 30.4 Å². The molecule has 1 aliphatic heterocycles. The van der Waals surface area contributed by atoms with Crippen LogP contribution in [0.5, 0.6) is 0 Å². The molecule has 1 aromatic rings. The summed E-state index contributed by atoms with van der Waals surface area (Å²) in [5.41, 5.74) is 1.24. The Bertz CT molecular complexity index is 439. The number of sulfone groups is 1. The van der Waals surface area contributed by atoms with Gasteiger partial charge in [0.25, 0.3) is 0 Å². The minimum atomic E-state index is -2.75. The van der Waals surface area contributed by atoms with Gasteiger partial charge in [0.05, 0.1) is 11.5 Å². The van der Waals surface area contributed by atoms with Crippen molar-refractivity contribution in [3.8, 4) is 0 Å². The molecule has 1 aromatic carbocycles. The van der Waals surface area contributed by atoms with E-state index in [1.54, 1.807) is 0 Å². The molecule has 15 heavy (non-hydrogen) atoms. The molecule has 0 unspecified atom stereocenters. The van der Waals surface area contributed by atoms with E-state index in [2.05, 4.69) is 22.0 Å². The maximum atomic E-state index is 11.3. The van der Waals surface area contributed by atoms with Crippen molar-refractivity contribution in [1.29, 1.82) is 0 Å². The van der Waals surface area contributed by atoms with Crippen molar-refractivity contribution in [2.45, 2.75) is 18.8 Å². The first-order valence-electron chi connectivity index (χ1n) is 5.03. The molecule has 0 N–H and O–H groups in total. The molecule has 0 atom stereocenters. The zero-order chi connectivity index (χ0) is 10.9. The molecule has 0 saturated carbocycles. The molecule has 0 aliphatic carbocycles. The lowest BCUT2D eigenvalue weighted by Gasteiger charge is -2.23. The normalized spacial score (nSPS) is 21.4. The number of rotatable bonds is 1. The second kappa shape index (κ2) is 4.26. The van der Waals surface area contributed by atoms with E-state index in [0.717, 1.165) is 17.3 Å². The quantitative estimate of drug-likeness (QED) is 0.796. The zero-order valence-corrected chi connectivity index (χ0v) is 10.7. The van der Waals surface area contributed by atoms with Crippen LogP contribution in [-0.4, -0.2) is 19.9 Å². The first kappa shape index (κ1) is 11.1. The SMILES string of the molecule is O=S1(=O)CCC(c2ccccc2Br)CC1. The summed E-state index contributed by atoms with van der Waals surface area (Å²) in [6.45, 7) is 0. The van der Waals surface area contributed by atoms with Gasteiger partial charge in [0.1, 0.15) is 9.84 Å². The van der Waals surface area contributed by atoms with Crippen LogP contribution in [0.1, 0.15) is 24.3 Å². The largest absolute Gasteiger partial charge is 0.229 e. The van der Waals surface area contributed by atoms with Gasteiger partial charge in [-0.3, -0.25) is 0 Å². The standard InChI is InChI=1S/C11H13BrO2S/c12-11-4-2-1-3-10(11)9-5-7-15(13,14)8-6-9/h1-4,9H,5-8H2. The zero-order valence-electron chi connectivity index (χ0n) is 8.32. The van der Waals surface area contributed by atoms with Crippen molar-refractivity contribution in [2.75, 3.05) is 11.5 Å². The van der Waals surface area contributed by atoms with Crippen LogP contribution in [0.25, 0.3) is 0 Å². The van der Waals surface area contributed by atoms with Crippen molar-refractivity contribution < 1.29 is 8.42 Å². The summed E-state index contributed by atoms with van der Waals surface area (Å²) in [5.74, 6) is 1.06. The summed E-state index contributed by atoms with van der Waals surface area (Å²) in [4.78, 5) is 0. The lowest BCUT2D eigenvalue weighted by Crippen LogP contribution is -2.22. The van der Waals surface area contributed by atoms with Crippen LogP contribution in [0.15, 0.2) is 28.7 Å². The van der Waals surface area contributed by atoms with Crippen LogP contribution in [0, 0.1) is 0 Å². The van der Waals surface area contributed by atoms with Gasteiger partial charge in [0.2, 0.25) is 0 Å². The first-order chi connectivity index (χ1) is 7.08. The highest BCUT2D eigenvalue weighted by atomic mass is 79.9. The molecule has 4 heteroatoms. The highest BCUT2D eigenvalue weighted by molar-refractivity contribution is 9.10. The molecule has 1 saturated heterocycles. The van der Waals surface area contributed by atoms with E-state index in [9.17, 15) is 8.42 Å². The fourth-order valence-corrected chi connectivity index (χ4v) is 4.11. The Kier molecular flexibility index (Phi) is 3.16. The molecule has 1 aliphatic rings. The third-order valence-corrected chi connectivity index (χ3v) is 5.34. The Labute approximate surface area is 98.7 Å². The van der Waals surface area contributed by atoms with E-state index in [4.69, 9.17) is 0 Å². The average molecular weight is 289 g/mol. The molecule has 0 spiro atoms. The van der Waals surface area contributed by atoms with Crippen LogP contribution in [0.3, 0.4) is 0 Å². The molecular weight excluding hydrogens is 276 g/mol. The molecule has 82 valence electrons. The monoisotopic (exact) mass is 288 g/mol. The Morgan fingerprint density at radius 1 is 1.13 bits per heavy atom. The lowest BCUT2D eigenvalue weighted by molar-refractivity contribution is 0.549. The van der Waals surface area contributed by atoms with Gasteiger partial charge >= 0.3 is 0 Å². The van der Waals surface area contributed by atoms with Gasteiger partial charge in [0.15, 0.2) is 0 Å². The minimum absolute atomic E-state index is 0.332. The number of benzene rings is 1. The summed E-state index contributed by atoms with van der Waals surface area (Å²) in [5, 5.41) is 0. The van der Waals surface area contributed by atoms with Gasteiger partial charge in [-0.15, -0.1) is 0 Å². The smallest absolute Gasteiger partial charge is 0.150 e. The van der Waals surface area contributed by atoms with E-state index in [-0.39, 0.29) is 0 Å². The summed E-state index contributed by atoms with van der Waals surface area (Å²) in [6, 6.07) is 8.07. The minimum Gasteiger partial charge on any atom is -0.229 e. The highest BCUT2D eigenvalue weighted by Gasteiger charge is 2.25. The molecule has 1 heterocycles. The maximum Gasteiger partial charge on any atom is 0.150 e. The van der Waals surface area contributed by atoms with Crippen LogP contribution in [0.2, 0.25) is 0 Å². The van der Waals surface area contributed by atoms with E-state index >= 15 is 0 Å². The topological polar surface area (TPSA) is 34.1 Å². The molecule has 1 fully saturated rings.